The topological polar surface area (TPSA) is 50.1 Å². The van der Waals surface area contributed by atoms with Crippen molar-refractivity contribution >= 4 is 17.7 Å². The molecule has 0 aliphatic heterocycles. The number of hydrogen-bond donors (Lipinski definition) is 0. The molecule has 0 saturated carbocycles. The Morgan fingerprint density at radius 2 is 2.33 bits per heavy atom. The van der Waals surface area contributed by atoms with Gasteiger partial charge in [0.1, 0.15) is 5.82 Å². The molecule has 0 radical (unpaired) electrons. The summed E-state index contributed by atoms with van der Waals surface area (Å²) in [4.78, 5) is 11.1. The van der Waals surface area contributed by atoms with Crippen LogP contribution in [0.1, 0.15) is 24.5 Å². The normalized spacial score (nSPS) is 11.7. The molecule has 1 aromatic rings. The van der Waals surface area contributed by atoms with Crippen LogP contribution >= 0.6 is 11.8 Å². The highest BCUT2D eigenvalue weighted by molar-refractivity contribution is 7.99. The Morgan fingerprint density at radius 3 is 2.94 bits per heavy atom. The van der Waals surface area contributed by atoms with Gasteiger partial charge in [0, 0.05) is 11.0 Å². The van der Waals surface area contributed by atoms with Gasteiger partial charge in [0.2, 0.25) is 0 Å². The summed E-state index contributed by atoms with van der Waals surface area (Å²) < 4.78 is 17.5. The molecular formula is C13H14FNO2S. The van der Waals surface area contributed by atoms with E-state index in [2.05, 4.69) is 4.74 Å². The van der Waals surface area contributed by atoms with Gasteiger partial charge >= 0.3 is 5.97 Å². The minimum Gasteiger partial charge on any atom is -0.469 e. The van der Waals surface area contributed by atoms with Gasteiger partial charge in [-0.25, -0.2) is 4.39 Å². The number of nitrogens with zero attached hydrogens (tertiary/aromatic N) is 1. The summed E-state index contributed by atoms with van der Waals surface area (Å²) in [5.74, 6) is -0.0982. The first-order valence-electron chi connectivity index (χ1n) is 5.43. The molecule has 0 aliphatic rings. The molecule has 1 unspecified atom stereocenters. The summed E-state index contributed by atoms with van der Waals surface area (Å²) >= 11 is 1.53. The second-order valence-corrected chi connectivity index (χ2v) is 5.24. The van der Waals surface area contributed by atoms with Gasteiger partial charge < -0.3 is 4.74 Å². The molecule has 0 aromatic heterocycles. The van der Waals surface area contributed by atoms with Gasteiger partial charge in [0.05, 0.1) is 25.2 Å². The van der Waals surface area contributed by atoms with Crippen LogP contribution in [0.5, 0.6) is 0 Å². The number of nitriles is 1. The smallest absolute Gasteiger partial charge is 0.306 e. The first-order valence-corrected chi connectivity index (χ1v) is 6.48. The van der Waals surface area contributed by atoms with E-state index in [4.69, 9.17) is 5.26 Å². The molecule has 0 saturated heterocycles. The van der Waals surface area contributed by atoms with Crippen molar-refractivity contribution < 1.29 is 13.9 Å². The van der Waals surface area contributed by atoms with Crippen LogP contribution in [0.4, 0.5) is 4.39 Å². The van der Waals surface area contributed by atoms with Crippen molar-refractivity contribution in [3.8, 4) is 6.07 Å². The number of esters is 1. The highest BCUT2D eigenvalue weighted by Crippen LogP contribution is 2.22. The molecule has 3 nitrogen and oxygen atoms in total. The number of benzene rings is 1. The minimum atomic E-state index is -0.414. The monoisotopic (exact) mass is 267 g/mol. The van der Waals surface area contributed by atoms with Crippen molar-refractivity contribution in [2.45, 2.75) is 24.3 Å². The Kier molecular flexibility index (Phi) is 5.66. The summed E-state index contributed by atoms with van der Waals surface area (Å²) in [7, 11) is 1.35. The molecule has 1 atom stereocenters. The Bertz CT molecular complexity index is 471. The van der Waals surface area contributed by atoms with E-state index in [0.29, 0.717) is 17.7 Å². The first kappa shape index (κ1) is 14.5. The number of carbonyl (C=O) groups excluding carboxylic acids is 1. The van der Waals surface area contributed by atoms with Crippen LogP contribution in [0, 0.1) is 17.1 Å². The van der Waals surface area contributed by atoms with Crippen molar-refractivity contribution in [2.24, 2.45) is 0 Å². The Balaban J connectivity index is 2.58. The molecule has 0 heterocycles. The van der Waals surface area contributed by atoms with Crippen molar-refractivity contribution in [2.75, 3.05) is 7.11 Å². The van der Waals surface area contributed by atoms with Crippen LogP contribution in [0.3, 0.4) is 0 Å². The second kappa shape index (κ2) is 7.02. The number of hydrogen-bond acceptors (Lipinski definition) is 4. The van der Waals surface area contributed by atoms with E-state index in [0.717, 1.165) is 5.56 Å². The third kappa shape index (κ3) is 4.38. The zero-order valence-electron chi connectivity index (χ0n) is 10.3. The lowest BCUT2D eigenvalue weighted by molar-refractivity contribution is -0.140. The summed E-state index contributed by atoms with van der Waals surface area (Å²) in [5.41, 5.74) is 1.12. The Hall–Kier alpha value is -1.54. The molecule has 0 spiro atoms. The molecular weight excluding hydrogens is 253 g/mol. The summed E-state index contributed by atoms with van der Waals surface area (Å²) in [6.45, 7) is 1.91. The van der Waals surface area contributed by atoms with E-state index in [1.807, 2.05) is 13.0 Å². The second-order valence-electron chi connectivity index (χ2n) is 3.82. The van der Waals surface area contributed by atoms with Crippen LogP contribution in [-0.4, -0.2) is 18.3 Å². The minimum absolute atomic E-state index is 0.0917. The lowest BCUT2D eigenvalue weighted by Gasteiger charge is -2.10. The largest absolute Gasteiger partial charge is 0.469 e. The fraction of sp³-hybridized carbons (Fsp3) is 0.385. The summed E-state index contributed by atoms with van der Waals surface area (Å²) in [6.07, 6.45) is 0.324. The van der Waals surface area contributed by atoms with Gasteiger partial charge in [0.15, 0.2) is 0 Å². The zero-order chi connectivity index (χ0) is 13.5. The molecule has 18 heavy (non-hydrogen) atoms. The van der Waals surface area contributed by atoms with E-state index in [1.54, 1.807) is 6.07 Å². The maximum Gasteiger partial charge on any atom is 0.306 e. The third-order valence-electron chi connectivity index (χ3n) is 2.40. The van der Waals surface area contributed by atoms with Gasteiger partial charge in [-0.3, -0.25) is 4.79 Å². The number of halogens is 1. The van der Waals surface area contributed by atoms with Crippen LogP contribution in [-0.2, 0) is 15.3 Å². The van der Waals surface area contributed by atoms with E-state index >= 15 is 0 Å². The predicted molar refractivity (Wildman–Crippen MR) is 68.5 cm³/mol. The maximum atomic E-state index is 12.9. The lowest BCUT2D eigenvalue weighted by Crippen LogP contribution is -2.08. The van der Waals surface area contributed by atoms with Gasteiger partial charge in [-0.1, -0.05) is 13.0 Å². The average Bonchev–Trinajstić information content (AvgIpc) is 2.36. The van der Waals surface area contributed by atoms with Crippen LogP contribution in [0.25, 0.3) is 0 Å². The number of methoxy groups -OCH3 is 1. The first-order chi connectivity index (χ1) is 8.56. The van der Waals surface area contributed by atoms with E-state index < -0.39 is 5.82 Å². The maximum absolute atomic E-state index is 12.9. The van der Waals surface area contributed by atoms with Gasteiger partial charge in [-0.05, 0) is 17.7 Å². The fourth-order valence-electron chi connectivity index (χ4n) is 1.39. The Labute approximate surface area is 110 Å². The molecule has 0 bridgehead atoms. The van der Waals surface area contributed by atoms with Gasteiger partial charge in [-0.2, -0.15) is 17.0 Å². The standard InChI is InChI=1S/C13H14FNO2S/c1-9(5-13(16)17-2)18-8-10-3-4-12(14)6-11(10)7-15/h3-4,6,9H,5,8H2,1-2H3. The van der Waals surface area contributed by atoms with E-state index in [-0.39, 0.29) is 11.2 Å². The summed E-state index contributed by atoms with van der Waals surface area (Å²) in [5, 5.41) is 8.98. The van der Waals surface area contributed by atoms with Crippen molar-refractivity contribution in [1.82, 2.24) is 0 Å². The number of rotatable bonds is 5. The van der Waals surface area contributed by atoms with Crippen molar-refractivity contribution in [3.63, 3.8) is 0 Å². The highest BCUT2D eigenvalue weighted by Gasteiger charge is 2.11. The van der Waals surface area contributed by atoms with E-state index in [1.165, 1.54) is 31.0 Å². The lowest BCUT2D eigenvalue weighted by atomic mass is 10.1. The molecule has 0 N–H and O–H groups in total. The van der Waals surface area contributed by atoms with E-state index in [9.17, 15) is 9.18 Å². The summed E-state index contributed by atoms with van der Waals surface area (Å²) in [6, 6.07) is 6.13. The fourth-order valence-corrected chi connectivity index (χ4v) is 2.36. The van der Waals surface area contributed by atoms with Crippen LogP contribution in [0.15, 0.2) is 18.2 Å². The highest BCUT2D eigenvalue weighted by atomic mass is 32.2. The van der Waals surface area contributed by atoms with Crippen molar-refractivity contribution in [3.05, 3.63) is 35.1 Å². The molecule has 0 amide bonds. The Morgan fingerprint density at radius 1 is 1.61 bits per heavy atom. The molecule has 0 fully saturated rings. The van der Waals surface area contributed by atoms with Gasteiger partial charge in [-0.15, -0.1) is 0 Å². The zero-order valence-corrected chi connectivity index (χ0v) is 11.1. The number of carbonyl (C=O) groups is 1. The molecule has 0 aliphatic carbocycles. The molecule has 1 rings (SSSR count). The number of thioether (sulfide) groups is 1. The number of ether oxygens (including phenoxy) is 1. The quantitative estimate of drug-likeness (QED) is 0.770. The van der Waals surface area contributed by atoms with Crippen molar-refractivity contribution in [1.29, 1.82) is 5.26 Å². The SMILES string of the molecule is COC(=O)CC(C)SCc1ccc(F)cc1C#N. The average molecular weight is 267 g/mol. The van der Waals surface area contributed by atoms with Crippen LogP contribution in [0.2, 0.25) is 0 Å². The van der Waals surface area contributed by atoms with Gasteiger partial charge in [0.25, 0.3) is 0 Å². The molecule has 1 aromatic carbocycles. The molecule has 96 valence electrons. The van der Waals surface area contributed by atoms with Crippen LogP contribution < -0.4 is 0 Å². The third-order valence-corrected chi connectivity index (χ3v) is 3.61. The molecule has 5 heteroatoms. The predicted octanol–water partition coefficient (Wildman–Crippen LogP) is 2.88.